The molecule has 7 heteroatoms. The number of anilines is 1. The number of aromatic nitrogens is 3. The molecule has 100 valence electrons. The third-order valence-electron chi connectivity index (χ3n) is 3.37. The second-order valence-electron chi connectivity index (χ2n) is 4.71. The highest BCUT2D eigenvalue weighted by molar-refractivity contribution is 7.99. The van der Waals surface area contributed by atoms with E-state index in [4.69, 9.17) is 5.11 Å². The van der Waals surface area contributed by atoms with Crippen molar-refractivity contribution in [2.75, 3.05) is 17.7 Å². The summed E-state index contributed by atoms with van der Waals surface area (Å²) in [5, 5.41) is 17.5. The minimum Gasteiger partial charge on any atom is -0.481 e. The van der Waals surface area contributed by atoms with Crippen LogP contribution in [0.15, 0.2) is 5.16 Å². The largest absolute Gasteiger partial charge is 0.481 e. The van der Waals surface area contributed by atoms with Gasteiger partial charge in [-0.3, -0.25) is 9.36 Å². The van der Waals surface area contributed by atoms with Gasteiger partial charge in [0.25, 0.3) is 0 Å². The molecule has 1 unspecified atom stereocenters. The van der Waals surface area contributed by atoms with Crippen molar-refractivity contribution < 1.29 is 9.90 Å². The Balaban J connectivity index is 2.06. The lowest BCUT2D eigenvalue weighted by Crippen LogP contribution is -2.32. The van der Waals surface area contributed by atoms with Gasteiger partial charge in [0.2, 0.25) is 5.95 Å². The maximum atomic E-state index is 10.5. The van der Waals surface area contributed by atoms with E-state index < -0.39 is 5.97 Å². The number of carboxylic acids is 1. The number of nitrogens with zero attached hydrogens (tertiary/aromatic N) is 4. The summed E-state index contributed by atoms with van der Waals surface area (Å²) in [5.41, 5.74) is 0. The molecule has 18 heavy (non-hydrogen) atoms. The van der Waals surface area contributed by atoms with E-state index in [9.17, 15) is 4.79 Å². The van der Waals surface area contributed by atoms with Crippen molar-refractivity contribution >= 4 is 23.7 Å². The molecule has 1 aromatic rings. The van der Waals surface area contributed by atoms with E-state index in [1.54, 1.807) is 0 Å². The molecule has 0 amide bonds. The van der Waals surface area contributed by atoms with Crippen LogP contribution in [0.2, 0.25) is 0 Å². The Morgan fingerprint density at radius 1 is 1.61 bits per heavy atom. The van der Waals surface area contributed by atoms with Crippen LogP contribution in [0.25, 0.3) is 0 Å². The van der Waals surface area contributed by atoms with Gasteiger partial charge in [0, 0.05) is 20.1 Å². The summed E-state index contributed by atoms with van der Waals surface area (Å²) < 4.78 is 1.85. The normalized spacial score (nSPS) is 16.6. The molecule has 2 rings (SSSR count). The van der Waals surface area contributed by atoms with Crippen LogP contribution in [0.5, 0.6) is 0 Å². The molecule has 0 aromatic carbocycles. The van der Waals surface area contributed by atoms with Crippen molar-refractivity contribution in [2.24, 2.45) is 13.0 Å². The third-order valence-corrected chi connectivity index (χ3v) is 4.37. The van der Waals surface area contributed by atoms with Gasteiger partial charge in [-0.2, -0.15) is 0 Å². The quantitative estimate of drug-likeness (QED) is 0.784. The topological polar surface area (TPSA) is 71.2 Å². The fraction of sp³-hybridized carbons (Fsp3) is 0.727. The predicted octanol–water partition coefficient (Wildman–Crippen LogP) is 1.23. The van der Waals surface area contributed by atoms with Gasteiger partial charge in [-0.15, -0.1) is 10.2 Å². The third kappa shape index (κ3) is 2.77. The van der Waals surface area contributed by atoms with Gasteiger partial charge in [0.15, 0.2) is 5.16 Å². The van der Waals surface area contributed by atoms with Crippen LogP contribution in [0, 0.1) is 5.92 Å². The Morgan fingerprint density at radius 2 is 2.28 bits per heavy atom. The molecular formula is C11H18N4O2S. The van der Waals surface area contributed by atoms with Gasteiger partial charge in [0.1, 0.15) is 0 Å². The Bertz CT molecular complexity index is 444. The highest BCUT2D eigenvalue weighted by atomic mass is 32.2. The second-order valence-corrected chi connectivity index (χ2v) is 5.66. The minimum absolute atomic E-state index is 0.00780. The van der Waals surface area contributed by atoms with Gasteiger partial charge in [-0.25, -0.2) is 0 Å². The zero-order valence-corrected chi connectivity index (χ0v) is 11.6. The summed E-state index contributed by atoms with van der Waals surface area (Å²) in [4.78, 5) is 12.7. The molecule has 6 nitrogen and oxygen atoms in total. The minimum atomic E-state index is -0.843. The van der Waals surface area contributed by atoms with Crippen molar-refractivity contribution in [3.63, 3.8) is 0 Å². The Morgan fingerprint density at radius 3 is 2.83 bits per heavy atom. The monoisotopic (exact) mass is 270 g/mol. The van der Waals surface area contributed by atoms with Crippen LogP contribution in [-0.2, 0) is 11.8 Å². The highest BCUT2D eigenvalue weighted by Crippen LogP contribution is 2.36. The van der Waals surface area contributed by atoms with E-state index in [2.05, 4.69) is 22.0 Å². The molecule has 1 aromatic heterocycles. The first-order valence-corrected chi connectivity index (χ1v) is 6.96. The number of hydrogen-bond acceptors (Lipinski definition) is 5. The van der Waals surface area contributed by atoms with E-state index in [1.165, 1.54) is 24.6 Å². The lowest BCUT2D eigenvalue weighted by molar-refractivity contribution is -0.133. The molecule has 0 radical (unpaired) electrons. The number of rotatable bonds is 6. The fourth-order valence-corrected chi connectivity index (χ4v) is 2.57. The van der Waals surface area contributed by atoms with Gasteiger partial charge in [0.05, 0.1) is 5.75 Å². The standard InChI is InChI=1S/C11H18N4O2S/c1-7(8-4-5-8)14(2)10-12-13-11(15(10)3)18-6-9(16)17/h7-8H,4-6H2,1-3H3,(H,16,17). The van der Waals surface area contributed by atoms with Crippen molar-refractivity contribution in [2.45, 2.75) is 31.0 Å². The number of thioether (sulfide) groups is 1. The number of carbonyl (C=O) groups is 1. The molecule has 1 aliphatic carbocycles. The Hall–Kier alpha value is -1.24. The predicted molar refractivity (Wildman–Crippen MR) is 70.0 cm³/mol. The van der Waals surface area contributed by atoms with Crippen molar-refractivity contribution in [1.29, 1.82) is 0 Å². The van der Waals surface area contributed by atoms with E-state index in [0.29, 0.717) is 11.2 Å². The van der Waals surface area contributed by atoms with Crippen molar-refractivity contribution in [3.8, 4) is 0 Å². The first kappa shape index (κ1) is 13.2. The zero-order valence-electron chi connectivity index (χ0n) is 10.8. The maximum Gasteiger partial charge on any atom is 0.313 e. The first-order valence-electron chi connectivity index (χ1n) is 5.97. The van der Waals surface area contributed by atoms with Crippen molar-refractivity contribution in [3.05, 3.63) is 0 Å². The molecule has 1 saturated carbocycles. The summed E-state index contributed by atoms with van der Waals surface area (Å²) in [6.45, 7) is 2.19. The van der Waals surface area contributed by atoms with E-state index in [-0.39, 0.29) is 5.75 Å². The fourth-order valence-electron chi connectivity index (χ4n) is 1.94. The summed E-state index contributed by atoms with van der Waals surface area (Å²) in [5.74, 6) is 0.710. The molecule has 0 bridgehead atoms. The first-order chi connectivity index (χ1) is 8.50. The average molecular weight is 270 g/mol. The Kier molecular flexibility index (Phi) is 3.79. The molecule has 0 saturated heterocycles. The molecule has 1 heterocycles. The second kappa shape index (κ2) is 5.17. The van der Waals surface area contributed by atoms with Crippen LogP contribution in [0.3, 0.4) is 0 Å². The SMILES string of the molecule is CC(C1CC1)N(C)c1nnc(SCC(=O)O)n1C. The van der Waals surface area contributed by atoms with Crippen LogP contribution in [-0.4, -0.2) is 44.7 Å². The summed E-state index contributed by atoms with van der Waals surface area (Å²) in [7, 11) is 3.88. The lowest BCUT2D eigenvalue weighted by Gasteiger charge is -2.25. The van der Waals surface area contributed by atoms with Crippen LogP contribution in [0.1, 0.15) is 19.8 Å². The van der Waals surface area contributed by atoms with E-state index in [0.717, 1.165) is 11.9 Å². The zero-order chi connectivity index (χ0) is 13.3. The van der Waals surface area contributed by atoms with Gasteiger partial charge in [-0.05, 0) is 25.7 Å². The molecule has 1 aliphatic rings. The molecule has 0 aliphatic heterocycles. The molecule has 1 N–H and O–H groups in total. The van der Waals surface area contributed by atoms with Crippen LogP contribution >= 0.6 is 11.8 Å². The smallest absolute Gasteiger partial charge is 0.313 e. The summed E-state index contributed by atoms with van der Waals surface area (Å²) >= 11 is 1.19. The average Bonchev–Trinajstić information content (AvgIpc) is 3.10. The summed E-state index contributed by atoms with van der Waals surface area (Å²) in [6, 6.07) is 0.449. The number of carboxylic acid groups (broad SMARTS) is 1. The van der Waals surface area contributed by atoms with E-state index >= 15 is 0 Å². The number of aliphatic carboxylic acids is 1. The van der Waals surface area contributed by atoms with Crippen molar-refractivity contribution in [1.82, 2.24) is 14.8 Å². The van der Waals surface area contributed by atoms with Gasteiger partial charge in [-0.1, -0.05) is 11.8 Å². The highest BCUT2D eigenvalue weighted by Gasteiger charge is 2.32. The molecule has 1 atom stereocenters. The van der Waals surface area contributed by atoms with Crippen LogP contribution in [0.4, 0.5) is 5.95 Å². The lowest BCUT2D eigenvalue weighted by atomic mass is 10.2. The van der Waals surface area contributed by atoms with Gasteiger partial charge < -0.3 is 10.0 Å². The Labute approximate surface area is 110 Å². The molecule has 1 fully saturated rings. The van der Waals surface area contributed by atoms with E-state index in [1.807, 2.05) is 18.7 Å². The van der Waals surface area contributed by atoms with Crippen LogP contribution < -0.4 is 4.90 Å². The maximum absolute atomic E-state index is 10.5. The summed E-state index contributed by atoms with van der Waals surface area (Å²) in [6.07, 6.45) is 2.56. The van der Waals surface area contributed by atoms with Gasteiger partial charge >= 0.3 is 5.97 Å². The number of hydrogen-bond donors (Lipinski definition) is 1. The molecular weight excluding hydrogens is 252 g/mol. The molecule has 0 spiro atoms.